The third-order valence-electron chi connectivity index (χ3n) is 3.89. The number of hydrogen-bond acceptors (Lipinski definition) is 3. The van der Waals surface area contributed by atoms with Crippen molar-refractivity contribution in [3.63, 3.8) is 0 Å². The second-order valence-corrected chi connectivity index (χ2v) is 6.38. The molecule has 1 aromatic heterocycles. The highest BCUT2D eigenvalue weighted by atomic mass is 32.1. The van der Waals surface area contributed by atoms with Gasteiger partial charge in [0.05, 0.1) is 13.7 Å². The molecule has 0 saturated heterocycles. The molecule has 0 spiro atoms. The predicted molar refractivity (Wildman–Crippen MR) is 101 cm³/mol. The van der Waals surface area contributed by atoms with Gasteiger partial charge in [-0.15, -0.1) is 0 Å². The highest BCUT2D eigenvalue weighted by Gasteiger charge is 2.09. The normalized spacial score (nSPS) is 12.1. The molecule has 3 rings (SSSR count). The van der Waals surface area contributed by atoms with Crippen LogP contribution in [0.3, 0.4) is 0 Å². The molecule has 0 saturated carbocycles. The third kappa shape index (κ3) is 4.55. The Bertz CT molecular complexity index is 855. The number of hydrogen-bond donors (Lipinski definition) is 2. The fourth-order valence-electron chi connectivity index (χ4n) is 2.73. The van der Waals surface area contributed by atoms with Crippen molar-refractivity contribution < 1.29 is 9.64 Å². The Morgan fingerprint density at radius 3 is 2.52 bits per heavy atom. The molecule has 2 aromatic carbocycles. The van der Waals surface area contributed by atoms with Gasteiger partial charge < -0.3 is 9.64 Å². The Morgan fingerprint density at radius 2 is 1.84 bits per heavy atom. The summed E-state index contributed by atoms with van der Waals surface area (Å²) >= 11 is 5.39. The van der Waals surface area contributed by atoms with E-state index in [1.807, 2.05) is 54.1 Å². The molecule has 0 bridgehead atoms. The van der Waals surface area contributed by atoms with Crippen molar-refractivity contribution >= 4 is 12.2 Å². The fourth-order valence-corrected chi connectivity index (χ4v) is 2.93. The number of ether oxygens (including phenoxy) is 1. The van der Waals surface area contributed by atoms with E-state index in [1.165, 1.54) is 10.5 Å². The van der Waals surface area contributed by atoms with Crippen molar-refractivity contribution in [1.82, 2.24) is 14.8 Å². The molecule has 1 unspecified atom stereocenters. The van der Waals surface area contributed by atoms with Crippen molar-refractivity contribution in [2.24, 2.45) is 0 Å². The van der Waals surface area contributed by atoms with E-state index in [9.17, 15) is 0 Å². The number of rotatable bonds is 7. The molecule has 0 radical (unpaired) electrons. The zero-order valence-corrected chi connectivity index (χ0v) is 15.3. The van der Waals surface area contributed by atoms with Crippen LogP contribution >= 0.6 is 12.2 Å². The van der Waals surface area contributed by atoms with Crippen LogP contribution in [-0.4, -0.2) is 28.4 Å². The first-order valence-electron chi connectivity index (χ1n) is 8.41. The van der Waals surface area contributed by atoms with Crippen LogP contribution in [0, 0.1) is 4.77 Å². The lowest BCUT2D eigenvalue weighted by atomic mass is 10.2. The summed E-state index contributed by atoms with van der Waals surface area (Å²) in [5.74, 6) is 1.71. The lowest BCUT2D eigenvalue weighted by Crippen LogP contribution is -3.07. The van der Waals surface area contributed by atoms with Gasteiger partial charge in [-0.2, -0.15) is 4.98 Å². The molecule has 5 nitrogen and oxygen atoms in total. The smallest absolute Gasteiger partial charge is 0.221 e. The molecule has 1 atom stereocenters. The van der Waals surface area contributed by atoms with E-state index in [2.05, 4.69) is 29.3 Å². The summed E-state index contributed by atoms with van der Waals surface area (Å²) in [5, 5.41) is 3.30. The minimum atomic E-state index is 0.574. The quantitative estimate of drug-likeness (QED) is 0.641. The summed E-state index contributed by atoms with van der Waals surface area (Å²) in [6, 6.07) is 18.3. The number of H-pyrrole nitrogens is 1. The lowest BCUT2D eigenvalue weighted by molar-refractivity contribution is -0.917. The van der Waals surface area contributed by atoms with Gasteiger partial charge in [0.15, 0.2) is 12.5 Å². The molecule has 3 aromatic rings. The molecule has 0 aliphatic carbocycles. The molecule has 0 amide bonds. The van der Waals surface area contributed by atoms with Crippen molar-refractivity contribution in [3.8, 4) is 17.1 Å². The second kappa shape index (κ2) is 8.09. The molecular formula is C19H23N4OS+. The van der Waals surface area contributed by atoms with Crippen LogP contribution in [0.15, 0.2) is 54.6 Å². The monoisotopic (exact) mass is 355 g/mol. The van der Waals surface area contributed by atoms with Gasteiger partial charge in [-0.3, -0.25) is 5.10 Å². The van der Waals surface area contributed by atoms with Crippen molar-refractivity contribution in [1.29, 1.82) is 0 Å². The molecular weight excluding hydrogens is 332 g/mol. The van der Waals surface area contributed by atoms with Gasteiger partial charge in [0.25, 0.3) is 0 Å². The lowest BCUT2D eigenvalue weighted by Gasteiger charge is -2.14. The van der Waals surface area contributed by atoms with Gasteiger partial charge >= 0.3 is 0 Å². The van der Waals surface area contributed by atoms with Gasteiger partial charge in [0.1, 0.15) is 12.3 Å². The molecule has 0 aliphatic heterocycles. The Morgan fingerprint density at radius 1 is 1.12 bits per heavy atom. The minimum Gasteiger partial charge on any atom is -0.494 e. The summed E-state index contributed by atoms with van der Waals surface area (Å²) in [4.78, 5) is 5.77. The average Bonchev–Trinajstić information content (AvgIpc) is 2.98. The fraction of sp³-hybridized carbons (Fsp3) is 0.263. The first-order chi connectivity index (χ1) is 12.2. The SMILES string of the molecule is CCOc1ccc(C[NH+](C)Cn2[nH]c(-c3ccccc3)nc2=S)cc1. The summed E-state index contributed by atoms with van der Waals surface area (Å²) in [5.41, 5.74) is 2.30. The molecule has 6 heteroatoms. The number of nitrogens with zero attached hydrogens (tertiary/aromatic N) is 2. The topological polar surface area (TPSA) is 47.3 Å². The average molecular weight is 355 g/mol. The molecule has 130 valence electrons. The number of quaternary nitrogens is 1. The van der Waals surface area contributed by atoms with Crippen LogP contribution in [0.4, 0.5) is 0 Å². The summed E-state index contributed by atoms with van der Waals surface area (Å²) < 4.78 is 7.98. The summed E-state index contributed by atoms with van der Waals surface area (Å²) in [6.45, 7) is 4.30. The van der Waals surface area contributed by atoms with Gasteiger partial charge in [-0.25, -0.2) is 4.68 Å². The molecule has 1 heterocycles. The maximum absolute atomic E-state index is 5.48. The maximum atomic E-state index is 5.48. The number of aromatic amines is 1. The summed E-state index contributed by atoms with van der Waals surface area (Å²) in [7, 11) is 2.14. The van der Waals surface area contributed by atoms with Crippen LogP contribution in [-0.2, 0) is 13.2 Å². The van der Waals surface area contributed by atoms with Crippen molar-refractivity contribution in [3.05, 3.63) is 64.9 Å². The first-order valence-corrected chi connectivity index (χ1v) is 8.82. The van der Waals surface area contributed by atoms with E-state index in [0.717, 1.165) is 30.4 Å². The van der Waals surface area contributed by atoms with Crippen molar-refractivity contribution in [2.45, 2.75) is 20.1 Å². The highest BCUT2D eigenvalue weighted by Crippen LogP contribution is 2.13. The van der Waals surface area contributed by atoms with E-state index in [-0.39, 0.29) is 0 Å². The second-order valence-electron chi connectivity index (χ2n) is 6.02. The van der Waals surface area contributed by atoms with E-state index in [4.69, 9.17) is 17.0 Å². The van der Waals surface area contributed by atoms with E-state index < -0.39 is 0 Å². The third-order valence-corrected chi connectivity index (χ3v) is 4.21. The Labute approximate surface area is 152 Å². The van der Waals surface area contributed by atoms with E-state index in [0.29, 0.717) is 11.4 Å². The van der Waals surface area contributed by atoms with E-state index >= 15 is 0 Å². The van der Waals surface area contributed by atoms with Gasteiger partial charge in [0.2, 0.25) is 4.77 Å². The summed E-state index contributed by atoms with van der Waals surface area (Å²) in [6.07, 6.45) is 0. The molecule has 25 heavy (non-hydrogen) atoms. The zero-order chi connectivity index (χ0) is 17.6. The number of benzene rings is 2. The molecule has 0 aliphatic rings. The molecule has 2 N–H and O–H groups in total. The predicted octanol–water partition coefficient (Wildman–Crippen LogP) is 2.68. The van der Waals surface area contributed by atoms with E-state index in [1.54, 1.807) is 0 Å². The van der Waals surface area contributed by atoms with Gasteiger partial charge in [-0.1, -0.05) is 30.3 Å². The van der Waals surface area contributed by atoms with Gasteiger partial charge in [0, 0.05) is 11.1 Å². The maximum Gasteiger partial charge on any atom is 0.221 e. The number of aromatic nitrogens is 3. The number of nitrogens with one attached hydrogen (secondary N) is 2. The highest BCUT2D eigenvalue weighted by molar-refractivity contribution is 7.71. The Kier molecular flexibility index (Phi) is 5.63. The first kappa shape index (κ1) is 17.4. The Hall–Kier alpha value is -2.44. The van der Waals surface area contributed by atoms with Crippen LogP contribution in [0.25, 0.3) is 11.4 Å². The van der Waals surface area contributed by atoms with Crippen molar-refractivity contribution in [2.75, 3.05) is 13.7 Å². The molecule has 0 fully saturated rings. The van der Waals surface area contributed by atoms with Crippen LogP contribution in [0.1, 0.15) is 12.5 Å². The Balaban J connectivity index is 1.66. The van der Waals surface area contributed by atoms with Gasteiger partial charge in [-0.05, 0) is 43.4 Å². The van der Waals surface area contributed by atoms with Crippen LogP contribution < -0.4 is 9.64 Å². The zero-order valence-electron chi connectivity index (χ0n) is 14.5. The minimum absolute atomic E-state index is 0.574. The van der Waals surface area contributed by atoms with Crippen LogP contribution in [0.2, 0.25) is 0 Å². The largest absolute Gasteiger partial charge is 0.494 e. The standard InChI is InChI=1S/C19H22N4OS/c1-3-24-17-11-9-15(10-12-17)13-22(2)14-23-19(25)20-18(21-23)16-7-5-4-6-8-16/h4-12H,3,13-14H2,1-2H3,(H,20,21,25)/p+1. The van der Waals surface area contributed by atoms with Crippen LogP contribution in [0.5, 0.6) is 5.75 Å².